The van der Waals surface area contributed by atoms with E-state index in [1.54, 1.807) is 6.08 Å². The summed E-state index contributed by atoms with van der Waals surface area (Å²) in [5.74, 6) is 0.326. The lowest BCUT2D eigenvalue weighted by atomic mass is 10.1. The van der Waals surface area contributed by atoms with Crippen LogP contribution in [0.2, 0.25) is 0 Å². The lowest BCUT2D eigenvalue weighted by Gasteiger charge is -2.32. The monoisotopic (exact) mass is 492 g/mol. The zero-order chi connectivity index (χ0) is 24.3. The molecule has 0 amide bonds. The fourth-order valence-corrected chi connectivity index (χ4v) is 4.71. The Morgan fingerprint density at radius 2 is 1.76 bits per heavy atom. The summed E-state index contributed by atoms with van der Waals surface area (Å²) in [5, 5.41) is 5.01. The number of aryl methyl sites for hydroxylation is 1. The molecule has 11 heteroatoms. The Morgan fingerprint density at radius 1 is 1.06 bits per heavy atom. The third-order valence-corrected chi connectivity index (χ3v) is 7.04. The van der Waals surface area contributed by atoms with E-state index < -0.39 is 21.8 Å². The molecule has 1 saturated heterocycles. The molecule has 0 aliphatic carbocycles. The van der Waals surface area contributed by atoms with Crippen molar-refractivity contribution in [1.82, 2.24) is 19.3 Å². The van der Waals surface area contributed by atoms with Gasteiger partial charge in [0.1, 0.15) is 0 Å². The van der Waals surface area contributed by atoms with Gasteiger partial charge in [-0.05, 0) is 30.7 Å². The minimum Gasteiger partial charge on any atom is -0.338 e. The fourth-order valence-electron chi connectivity index (χ4n) is 3.53. The molecular formula is C23H23F3N4O3S. The van der Waals surface area contributed by atoms with Gasteiger partial charge in [0.15, 0.2) is 0 Å². The van der Waals surface area contributed by atoms with Crippen LogP contribution < -0.4 is 0 Å². The van der Waals surface area contributed by atoms with E-state index in [-0.39, 0.29) is 23.8 Å². The van der Waals surface area contributed by atoms with Gasteiger partial charge in [0.25, 0.3) is 0 Å². The van der Waals surface area contributed by atoms with Crippen LogP contribution in [0.1, 0.15) is 22.6 Å². The van der Waals surface area contributed by atoms with Crippen LogP contribution in [0, 0.1) is 6.92 Å². The average Bonchev–Trinajstić information content (AvgIpc) is 3.27. The molecule has 1 aliphatic rings. The first-order valence-corrected chi connectivity index (χ1v) is 12.1. The normalized spacial score (nSPS) is 16.4. The minimum atomic E-state index is -4.46. The maximum atomic E-state index is 12.9. The summed E-state index contributed by atoms with van der Waals surface area (Å²) in [6.07, 6.45) is -2.88. The van der Waals surface area contributed by atoms with Crippen LogP contribution in [0.15, 0.2) is 58.5 Å². The van der Waals surface area contributed by atoms with E-state index in [4.69, 9.17) is 4.52 Å². The van der Waals surface area contributed by atoms with E-state index in [1.165, 1.54) is 21.8 Å². The number of piperazine rings is 1. The summed E-state index contributed by atoms with van der Waals surface area (Å²) in [4.78, 5) is 6.16. The van der Waals surface area contributed by atoms with Crippen molar-refractivity contribution in [1.29, 1.82) is 0 Å². The molecule has 0 radical (unpaired) electrons. The first kappa shape index (κ1) is 24.1. The van der Waals surface area contributed by atoms with Crippen LogP contribution >= 0.6 is 0 Å². The molecule has 3 aromatic rings. The molecule has 2 heterocycles. The second-order valence-corrected chi connectivity index (χ2v) is 9.84. The van der Waals surface area contributed by atoms with E-state index in [2.05, 4.69) is 10.1 Å². The Morgan fingerprint density at radius 3 is 2.44 bits per heavy atom. The zero-order valence-corrected chi connectivity index (χ0v) is 19.2. The molecule has 180 valence electrons. The second-order valence-electron chi connectivity index (χ2n) is 8.02. The summed E-state index contributed by atoms with van der Waals surface area (Å²) in [5.41, 5.74) is 1.33. The quantitative estimate of drug-likeness (QED) is 0.514. The van der Waals surface area contributed by atoms with Gasteiger partial charge in [-0.15, -0.1) is 0 Å². The molecule has 0 saturated carbocycles. The Kier molecular flexibility index (Phi) is 6.87. The van der Waals surface area contributed by atoms with Crippen LogP contribution in [0.3, 0.4) is 0 Å². The molecular weight excluding hydrogens is 469 g/mol. The molecule has 0 bridgehead atoms. The van der Waals surface area contributed by atoms with E-state index >= 15 is 0 Å². The molecule has 0 atom stereocenters. The lowest BCUT2D eigenvalue weighted by Crippen LogP contribution is -2.47. The number of halogens is 3. The molecule has 0 spiro atoms. The Balaban J connectivity index is 1.34. The van der Waals surface area contributed by atoms with E-state index in [1.807, 2.05) is 36.1 Å². The Labute approximate surface area is 195 Å². The number of sulfonamides is 1. The first-order valence-electron chi connectivity index (χ1n) is 10.6. The van der Waals surface area contributed by atoms with Gasteiger partial charge in [0, 0.05) is 37.2 Å². The molecule has 4 rings (SSSR count). The van der Waals surface area contributed by atoms with Crippen molar-refractivity contribution in [3.63, 3.8) is 0 Å². The molecule has 0 N–H and O–H groups in total. The smallest absolute Gasteiger partial charge is 0.338 e. The van der Waals surface area contributed by atoms with Crippen LogP contribution in [0.5, 0.6) is 0 Å². The number of hydrogen-bond donors (Lipinski definition) is 0. The number of hydrogen-bond acceptors (Lipinski definition) is 6. The third-order valence-electron chi connectivity index (χ3n) is 5.48. The number of nitrogens with zero attached hydrogens (tertiary/aromatic N) is 4. The van der Waals surface area contributed by atoms with Gasteiger partial charge in [0.2, 0.25) is 21.7 Å². The maximum absolute atomic E-state index is 12.9. The highest BCUT2D eigenvalue weighted by Gasteiger charge is 2.31. The van der Waals surface area contributed by atoms with Crippen molar-refractivity contribution >= 4 is 16.1 Å². The van der Waals surface area contributed by atoms with Gasteiger partial charge >= 0.3 is 6.18 Å². The lowest BCUT2D eigenvalue weighted by molar-refractivity contribution is -0.137. The van der Waals surface area contributed by atoms with Crippen molar-refractivity contribution in [3.8, 4) is 11.4 Å². The summed E-state index contributed by atoms with van der Waals surface area (Å²) in [6.45, 7) is 3.76. The van der Waals surface area contributed by atoms with Gasteiger partial charge in [-0.1, -0.05) is 47.1 Å². The number of aromatic nitrogens is 2. The zero-order valence-electron chi connectivity index (χ0n) is 18.4. The van der Waals surface area contributed by atoms with Crippen LogP contribution in [0.4, 0.5) is 13.2 Å². The standard InChI is InChI=1S/C23H23F3N4O3S/c1-17-5-7-18(8-6-17)9-14-34(31,32)30-12-10-29(11-13-30)16-21-27-22(28-33-21)19-3-2-4-20(15-19)23(24,25)26/h2-9,14-15H,10-13,16H2,1H3/b14-9+. The maximum Gasteiger partial charge on any atom is 0.416 e. The Bertz CT molecular complexity index is 1260. The van der Waals surface area contributed by atoms with Crippen LogP contribution in [-0.4, -0.2) is 53.9 Å². The van der Waals surface area contributed by atoms with Gasteiger partial charge < -0.3 is 4.52 Å². The highest BCUT2D eigenvalue weighted by molar-refractivity contribution is 7.92. The highest BCUT2D eigenvalue weighted by atomic mass is 32.2. The summed E-state index contributed by atoms with van der Waals surface area (Å²) >= 11 is 0. The largest absolute Gasteiger partial charge is 0.416 e. The predicted octanol–water partition coefficient (Wildman–Crippen LogP) is 4.18. The molecule has 1 aliphatic heterocycles. The minimum absolute atomic E-state index is 0.0727. The first-order chi connectivity index (χ1) is 16.1. The van der Waals surface area contributed by atoms with Crippen molar-refractivity contribution in [2.24, 2.45) is 0 Å². The highest BCUT2D eigenvalue weighted by Crippen LogP contribution is 2.31. The van der Waals surface area contributed by atoms with E-state index in [0.29, 0.717) is 26.2 Å². The van der Waals surface area contributed by atoms with Crippen LogP contribution in [-0.2, 0) is 22.7 Å². The third kappa shape index (κ3) is 5.91. The Hall–Kier alpha value is -3.02. The van der Waals surface area contributed by atoms with Gasteiger partial charge in [0.05, 0.1) is 12.1 Å². The van der Waals surface area contributed by atoms with Gasteiger partial charge in [-0.3, -0.25) is 4.90 Å². The van der Waals surface area contributed by atoms with E-state index in [0.717, 1.165) is 23.3 Å². The number of rotatable bonds is 6. The van der Waals surface area contributed by atoms with E-state index in [9.17, 15) is 21.6 Å². The summed E-state index contributed by atoms with van der Waals surface area (Å²) in [6, 6.07) is 12.3. The fraction of sp³-hybridized carbons (Fsp3) is 0.304. The van der Waals surface area contributed by atoms with Crippen molar-refractivity contribution < 1.29 is 26.1 Å². The molecule has 34 heavy (non-hydrogen) atoms. The summed E-state index contributed by atoms with van der Waals surface area (Å²) < 4.78 is 70.7. The molecule has 0 unspecified atom stereocenters. The number of alkyl halides is 3. The SMILES string of the molecule is Cc1ccc(/C=C/S(=O)(=O)N2CCN(Cc3nc(-c4cccc(C(F)(F)F)c4)no3)CC2)cc1. The molecule has 1 aromatic heterocycles. The van der Waals surface area contributed by atoms with Crippen molar-refractivity contribution in [3.05, 3.63) is 76.5 Å². The second kappa shape index (κ2) is 9.69. The average molecular weight is 493 g/mol. The summed E-state index contributed by atoms with van der Waals surface area (Å²) in [7, 11) is -3.55. The molecule has 1 fully saturated rings. The van der Waals surface area contributed by atoms with Crippen molar-refractivity contribution in [2.75, 3.05) is 26.2 Å². The molecule has 7 nitrogen and oxygen atoms in total. The van der Waals surface area contributed by atoms with Crippen LogP contribution in [0.25, 0.3) is 17.5 Å². The topological polar surface area (TPSA) is 79.5 Å². The molecule has 2 aromatic carbocycles. The number of benzene rings is 2. The van der Waals surface area contributed by atoms with Gasteiger partial charge in [-0.2, -0.15) is 22.5 Å². The van der Waals surface area contributed by atoms with Gasteiger partial charge in [-0.25, -0.2) is 8.42 Å². The van der Waals surface area contributed by atoms with Crippen molar-refractivity contribution in [2.45, 2.75) is 19.6 Å². The predicted molar refractivity (Wildman–Crippen MR) is 121 cm³/mol.